The van der Waals surface area contributed by atoms with Crippen molar-refractivity contribution in [3.8, 4) is 0 Å². The lowest BCUT2D eigenvalue weighted by atomic mass is 10.1. The fraction of sp³-hybridized carbons (Fsp3) is 0.429. The van der Waals surface area contributed by atoms with Crippen molar-refractivity contribution in [3.63, 3.8) is 0 Å². The number of hydrogen-bond donors (Lipinski definition) is 1. The fourth-order valence-electron chi connectivity index (χ4n) is 2.62. The van der Waals surface area contributed by atoms with Gasteiger partial charge in [-0.1, -0.05) is 0 Å². The maximum atomic E-state index is 14.1. The van der Waals surface area contributed by atoms with E-state index >= 15 is 0 Å². The molecule has 7 heteroatoms. The molecule has 0 aliphatic carbocycles. The summed E-state index contributed by atoms with van der Waals surface area (Å²) in [7, 11) is 1.28. The highest BCUT2D eigenvalue weighted by Gasteiger charge is 2.23. The van der Waals surface area contributed by atoms with Crippen molar-refractivity contribution in [2.75, 3.05) is 19.5 Å². The number of esters is 1. The van der Waals surface area contributed by atoms with Gasteiger partial charge in [0.2, 0.25) is 5.95 Å². The lowest BCUT2D eigenvalue weighted by Crippen LogP contribution is -2.19. The first-order valence-corrected chi connectivity index (χ1v) is 6.79. The molecule has 1 aliphatic heterocycles. The number of nitrogens with two attached hydrogens (primary N) is 1. The zero-order chi connectivity index (χ0) is 15.0. The van der Waals surface area contributed by atoms with Crippen LogP contribution in [0.2, 0.25) is 0 Å². The SMILES string of the molecule is COC(=O)c1cc(N)c2c(F)nn(C3CCCCO3)c2c1. The number of anilines is 1. The highest BCUT2D eigenvalue weighted by Crippen LogP contribution is 2.31. The average Bonchev–Trinajstić information content (AvgIpc) is 2.84. The molecule has 1 atom stereocenters. The molecule has 0 radical (unpaired) electrons. The summed E-state index contributed by atoms with van der Waals surface area (Å²) in [4.78, 5) is 11.7. The monoisotopic (exact) mass is 293 g/mol. The molecule has 0 bridgehead atoms. The summed E-state index contributed by atoms with van der Waals surface area (Å²) in [5, 5.41) is 4.10. The molecule has 1 unspecified atom stereocenters. The Morgan fingerprint density at radius 3 is 3.00 bits per heavy atom. The number of fused-ring (bicyclic) bond motifs is 1. The number of ether oxygens (including phenoxy) is 2. The number of hydrogen-bond acceptors (Lipinski definition) is 5. The third kappa shape index (κ3) is 2.33. The Hall–Kier alpha value is -2.15. The van der Waals surface area contributed by atoms with Crippen molar-refractivity contribution >= 4 is 22.6 Å². The molecule has 2 N–H and O–H groups in total. The maximum absolute atomic E-state index is 14.1. The Kier molecular flexibility index (Phi) is 3.50. The van der Waals surface area contributed by atoms with E-state index in [1.54, 1.807) is 0 Å². The second-order valence-electron chi connectivity index (χ2n) is 5.01. The van der Waals surface area contributed by atoms with Crippen molar-refractivity contribution in [1.82, 2.24) is 9.78 Å². The standard InChI is InChI=1S/C14H16FN3O3/c1-20-14(19)8-6-9(16)12-10(7-8)18(17-13(12)15)11-4-2-3-5-21-11/h6-7,11H,2-5,16H2,1H3. The summed E-state index contributed by atoms with van der Waals surface area (Å²) in [6.45, 7) is 0.611. The number of rotatable bonds is 2. The quantitative estimate of drug-likeness (QED) is 0.678. The van der Waals surface area contributed by atoms with Crippen molar-refractivity contribution in [2.24, 2.45) is 0 Å². The van der Waals surface area contributed by atoms with Crippen molar-refractivity contribution in [2.45, 2.75) is 25.5 Å². The molecule has 1 fully saturated rings. The number of nitrogens with zero attached hydrogens (tertiary/aromatic N) is 2. The Balaban J connectivity index is 2.16. The van der Waals surface area contributed by atoms with Crippen LogP contribution in [0.5, 0.6) is 0 Å². The van der Waals surface area contributed by atoms with E-state index in [1.165, 1.54) is 23.9 Å². The molecule has 1 aromatic carbocycles. The first kappa shape index (κ1) is 13.8. The van der Waals surface area contributed by atoms with Crippen molar-refractivity contribution in [3.05, 3.63) is 23.6 Å². The molecule has 0 saturated carbocycles. The fourth-order valence-corrected chi connectivity index (χ4v) is 2.62. The van der Waals surface area contributed by atoms with Crippen LogP contribution in [-0.2, 0) is 9.47 Å². The zero-order valence-corrected chi connectivity index (χ0v) is 11.6. The first-order chi connectivity index (χ1) is 10.1. The summed E-state index contributed by atoms with van der Waals surface area (Å²) in [6, 6.07) is 2.93. The smallest absolute Gasteiger partial charge is 0.338 e. The summed E-state index contributed by atoms with van der Waals surface area (Å²) >= 11 is 0. The van der Waals surface area contributed by atoms with Gasteiger partial charge in [0.1, 0.15) is 0 Å². The number of nitrogen functional groups attached to an aromatic ring is 1. The number of halogens is 1. The summed E-state index contributed by atoms with van der Waals surface area (Å²) in [6.07, 6.45) is 2.38. The van der Waals surface area contributed by atoms with Crippen molar-refractivity contribution in [1.29, 1.82) is 0 Å². The number of benzene rings is 1. The number of methoxy groups -OCH3 is 1. The molecule has 2 heterocycles. The second-order valence-corrected chi connectivity index (χ2v) is 5.01. The number of carbonyl (C=O) groups excluding carboxylic acids is 1. The van der Waals surface area contributed by atoms with E-state index < -0.39 is 11.9 Å². The van der Waals surface area contributed by atoms with Gasteiger partial charge in [-0.2, -0.15) is 4.39 Å². The molecule has 21 heavy (non-hydrogen) atoms. The van der Waals surface area contributed by atoms with Gasteiger partial charge >= 0.3 is 5.97 Å². The third-order valence-electron chi connectivity index (χ3n) is 3.65. The van der Waals surface area contributed by atoms with E-state index in [0.717, 1.165) is 19.3 Å². The normalized spacial score (nSPS) is 18.9. The van der Waals surface area contributed by atoms with Gasteiger partial charge in [0.05, 0.1) is 23.6 Å². The number of aromatic nitrogens is 2. The lowest BCUT2D eigenvalue weighted by molar-refractivity contribution is -0.0375. The molecular formula is C14H16FN3O3. The van der Waals surface area contributed by atoms with Crippen LogP contribution in [0.25, 0.3) is 10.9 Å². The molecule has 1 aromatic heterocycles. The van der Waals surface area contributed by atoms with Gasteiger partial charge < -0.3 is 15.2 Å². The minimum Gasteiger partial charge on any atom is -0.465 e. The van der Waals surface area contributed by atoms with E-state index in [0.29, 0.717) is 12.1 Å². The van der Waals surface area contributed by atoms with Gasteiger partial charge in [0.25, 0.3) is 0 Å². The minimum atomic E-state index is -0.659. The predicted octanol–water partition coefficient (Wildman–Crippen LogP) is 2.24. The van der Waals surface area contributed by atoms with E-state index in [2.05, 4.69) is 9.84 Å². The van der Waals surface area contributed by atoms with Crippen LogP contribution < -0.4 is 5.73 Å². The van der Waals surface area contributed by atoms with E-state index in [9.17, 15) is 9.18 Å². The zero-order valence-electron chi connectivity index (χ0n) is 11.6. The lowest BCUT2D eigenvalue weighted by Gasteiger charge is -2.23. The summed E-state index contributed by atoms with van der Waals surface area (Å²) in [5.74, 6) is -1.19. The molecule has 112 valence electrons. The van der Waals surface area contributed by atoms with Gasteiger partial charge in [-0.15, -0.1) is 5.10 Å². The molecule has 6 nitrogen and oxygen atoms in total. The van der Waals surface area contributed by atoms with E-state index in [-0.39, 0.29) is 22.9 Å². The van der Waals surface area contributed by atoms with Crippen LogP contribution in [0.4, 0.5) is 10.1 Å². The molecule has 1 aliphatic rings. The molecule has 1 saturated heterocycles. The number of carbonyl (C=O) groups is 1. The van der Waals surface area contributed by atoms with Crippen LogP contribution in [0, 0.1) is 5.95 Å². The molecule has 2 aromatic rings. The average molecular weight is 293 g/mol. The van der Waals surface area contributed by atoms with Crippen LogP contribution >= 0.6 is 0 Å². The Morgan fingerprint density at radius 2 is 2.33 bits per heavy atom. The Morgan fingerprint density at radius 1 is 1.52 bits per heavy atom. The third-order valence-corrected chi connectivity index (χ3v) is 3.65. The van der Waals surface area contributed by atoms with Gasteiger partial charge in [-0.25, -0.2) is 9.48 Å². The minimum absolute atomic E-state index is 0.160. The molecule has 0 spiro atoms. The topological polar surface area (TPSA) is 79.4 Å². The van der Waals surface area contributed by atoms with Gasteiger partial charge in [0.15, 0.2) is 6.23 Å². The van der Waals surface area contributed by atoms with Crippen LogP contribution in [0.1, 0.15) is 35.8 Å². The highest BCUT2D eigenvalue weighted by molar-refractivity contribution is 5.99. The maximum Gasteiger partial charge on any atom is 0.338 e. The van der Waals surface area contributed by atoms with Crippen LogP contribution in [-0.4, -0.2) is 29.5 Å². The first-order valence-electron chi connectivity index (χ1n) is 6.79. The Bertz CT molecular complexity index is 692. The highest BCUT2D eigenvalue weighted by atomic mass is 19.1. The molecule has 0 amide bonds. The predicted molar refractivity (Wildman–Crippen MR) is 74.3 cm³/mol. The van der Waals surface area contributed by atoms with Crippen molar-refractivity contribution < 1.29 is 18.7 Å². The van der Waals surface area contributed by atoms with E-state index in [4.69, 9.17) is 10.5 Å². The van der Waals surface area contributed by atoms with Crippen LogP contribution in [0.15, 0.2) is 12.1 Å². The summed E-state index contributed by atoms with van der Waals surface area (Å²) in [5.41, 5.74) is 6.72. The van der Waals surface area contributed by atoms with Gasteiger partial charge in [-0.05, 0) is 31.4 Å². The molecule has 3 rings (SSSR count). The largest absolute Gasteiger partial charge is 0.465 e. The van der Waals surface area contributed by atoms with Crippen LogP contribution in [0.3, 0.4) is 0 Å². The Labute approximate surface area is 120 Å². The second kappa shape index (κ2) is 5.33. The molecular weight excluding hydrogens is 277 g/mol. The van der Waals surface area contributed by atoms with Gasteiger partial charge in [-0.3, -0.25) is 0 Å². The van der Waals surface area contributed by atoms with E-state index in [1.807, 2.05) is 0 Å². The van der Waals surface area contributed by atoms with Gasteiger partial charge in [0, 0.05) is 12.3 Å². The summed E-state index contributed by atoms with van der Waals surface area (Å²) < 4.78 is 25.8.